The van der Waals surface area contributed by atoms with Gasteiger partial charge >= 0.3 is 0 Å². The molecular formula is C11H17N3O2S. The lowest BCUT2D eigenvalue weighted by molar-refractivity contribution is 0.588. The van der Waals surface area contributed by atoms with Crippen molar-refractivity contribution in [2.75, 3.05) is 21.1 Å². The molecule has 1 aromatic carbocycles. The summed E-state index contributed by atoms with van der Waals surface area (Å²) in [6.45, 7) is 1.83. The molecule has 0 aliphatic carbocycles. The number of aliphatic imine (C=N–C) groups is 1. The van der Waals surface area contributed by atoms with Gasteiger partial charge in [0.25, 0.3) is 0 Å². The Balaban J connectivity index is 3.11. The van der Waals surface area contributed by atoms with E-state index in [1.807, 2.05) is 25.9 Å². The summed E-state index contributed by atoms with van der Waals surface area (Å²) in [5.74, 6) is 0. The van der Waals surface area contributed by atoms with Gasteiger partial charge < -0.3 is 4.90 Å². The molecule has 0 saturated carbocycles. The maximum Gasteiger partial charge on any atom is 0.240 e. The van der Waals surface area contributed by atoms with Crippen LogP contribution in [0.3, 0.4) is 0 Å². The Hall–Kier alpha value is -1.40. The maximum absolute atomic E-state index is 11.6. The third-order valence-electron chi connectivity index (χ3n) is 2.18. The average molecular weight is 255 g/mol. The van der Waals surface area contributed by atoms with E-state index in [9.17, 15) is 8.42 Å². The van der Waals surface area contributed by atoms with Crippen molar-refractivity contribution < 1.29 is 8.42 Å². The SMILES string of the molecule is CNS(=O)(=O)c1ccc(/N=C/N(C)C)c(C)c1. The molecule has 0 atom stereocenters. The van der Waals surface area contributed by atoms with Crippen molar-refractivity contribution in [1.82, 2.24) is 9.62 Å². The molecule has 0 aromatic heterocycles. The monoisotopic (exact) mass is 255 g/mol. The van der Waals surface area contributed by atoms with Gasteiger partial charge in [0, 0.05) is 14.1 Å². The van der Waals surface area contributed by atoms with Crippen LogP contribution in [0.25, 0.3) is 0 Å². The molecule has 0 amide bonds. The zero-order chi connectivity index (χ0) is 13.1. The van der Waals surface area contributed by atoms with Crippen LogP contribution in [0.15, 0.2) is 28.1 Å². The van der Waals surface area contributed by atoms with E-state index >= 15 is 0 Å². The van der Waals surface area contributed by atoms with Gasteiger partial charge in [-0.1, -0.05) is 0 Å². The molecule has 94 valence electrons. The standard InChI is InChI=1S/C11H17N3O2S/c1-9-7-10(17(15,16)12-2)5-6-11(9)13-8-14(3)4/h5-8,12H,1-4H3/b13-8+. The highest BCUT2D eigenvalue weighted by molar-refractivity contribution is 7.89. The zero-order valence-corrected chi connectivity index (χ0v) is 11.2. The molecule has 6 heteroatoms. The van der Waals surface area contributed by atoms with Crippen LogP contribution in [0.1, 0.15) is 5.56 Å². The minimum Gasteiger partial charge on any atom is -0.369 e. The van der Waals surface area contributed by atoms with E-state index in [4.69, 9.17) is 0 Å². The van der Waals surface area contributed by atoms with E-state index in [2.05, 4.69) is 9.71 Å². The third-order valence-corrected chi connectivity index (χ3v) is 3.59. The van der Waals surface area contributed by atoms with Crippen LogP contribution in [-0.2, 0) is 10.0 Å². The molecule has 0 aliphatic heterocycles. The van der Waals surface area contributed by atoms with Crippen LogP contribution in [0.5, 0.6) is 0 Å². The van der Waals surface area contributed by atoms with Crippen molar-refractivity contribution in [3.63, 3.8) is 0 Å². The number of sulfonamides is 1. The summed E-state index contributed by atoms with van der Waals surface area (Å²) >= 11 is 0. The van der Waals surface area contributed by atoms with Gasteiger partial charge in [-0.2, -0.15) is 0 Å². The molecule has 0 bridgehead atoms. The molecule has 0 spiro atoms. The largest absolute Gasteiger partial charge is 0.369 e. The lowest BCUT2D eigenvalue weighted by Gasteiger charge is -2.07. The van der Waals surface area contributed by atoms with Gasteiger partial charge in [0.1, 0.15) is 0 Å². The minimum atomic E-state index is -3.38. The van der Waals surface area contributed by atoms with Crippen molar-refractivity contribution in [1.29, 1.82) is 0 Å². The van der Waals surface area contributed by atoms with Crippen LogP contribution in [-0.4, -0.2) is 40.8 Å². The molecular weight excluding hydrogens is 238 g/mol. The topological polar surface area (TPSA) is 61.8 Å². The number of hydrogen-bond donors (Lipinski definition) is 1. The van der Waals surface area contributed by atoms with Gasteiger partial charge in [0.2, 0.25) is 10.0 Å². The fraction of sp³-hybridized carbons (Fsp3) is 0.364. The Kier molecular flexibility index (Phi) is 4.25. The van der Waals surface area contributed by atoms with Crippen molar-refractivity contribution in [3.8, 4) is 0 Å². The van der Waals surface area contributed by atoms with Gasteiger partial charge in [0.15, 0.2) is 0 Å². The first-order valence-electron chi connectivity index (χ1n) is 5.11. The van der Waals surface area contributed by atoms with Crippen LogP contribution in [0.2, 0.25) is 0 Å². The Morgan fingerprint density at radius 2 is 2.00 bits per heavy atom. The van der Waals surface area contributed by atoms with E-state index in [0.29, 0.717) is 0 Å². The summed E-state index contributed by atoms with van der Waals surface area (Å²) in [7, 11) is 1.76. The number of hydrogen-bond acceptors (Lipinski definition) is 3. The minimum absolute atomic E-state index is 0.251. The Morgan fingerprint density at radius 1 is 1.35 bits per heavy atom. The second-order valence-corrected chi connectivity index (χ2v) is 5.75. The predicted molar refractivity (Wildman–Crippen MR) is 69.3 cm³/mol. The summed E-state index contributed by atoms with van der Waals surface area (Å²) in [5, 5.41) is 0. The first-order valence-corrected chi connectivity index (χ1v) is 6.60. The second kappa shape index (κ2) is 5.29. The van der Waals surface area contributed by atoms with Gasteiger partial charge in [-0.15, -0.1) is 0 Å². The highest BCUT2D eigenvalue weighted by Crippen LogP contribution is 2.21. The van der Waals surface area contributed by atoms with Crippen LogP contribution in [0.4, 0.5) is 5.69 Å². The molecule has 0 saturated heterocycles. The lowest BCUT2D eigenvalue weighted by Crippen LogP contribution is -2.18. The highest BCUT2D eigenvalue weighted by Gasteiger charge is 2.11. The molecule has 1 rings (SSSR count). The van der Waals surface area contributed by atoms with Crippen molar-refractivity contribution in [3.05, 3.63) is 23.8 Å². The zero-order valence-electron chi connectivity index (χ0n) is 10.4. The summed E-state index contributed by atoms with van der Waals surface area (Å²) < 4.78 is 25.4. The molecule has 1 N–H and O–H groups in total. The van der Waals surface area contributed by atoms with Crippen LogP contribution >= 0.6 is 0 Å². The lowest BCUT2D eigenvalue weighted by atomic mass is 10.2. The number of benzene rings is 1. The predicted octanol–water partition coefficient (Wildman–Crippen LogP) is 1.12. The molecule has 0 fully saturated rings. The number of nitrogens with one attached hydrogen (secondary N) is 1. The van der Waals surface area contributed by atoms with Gasteiger partial charge in [-0.25, -0.2) is 18.1 Å². The number of rotatable bonds is 4. The summed E-state index contributed by atoms with van der Waals surface area (Å²) in [6.07, 6.45) is 1.68. The average Bonchev–Trinajstić information content (AvgIpc) is 2.27. The molecule has 0 heterocycles. The van der Waals surface area contributed by atoms with Crippen molar-refractivity contribution in [2.24, 2.45) is 4.99 Å². The summed E-state index contributed by atoms with van der Waals surface area (Å²) in [6, 6.07) is 4.84. The van der Waals surface area contributed by atoms with E-state index in [1.54, 1.807) is 24.5 Å². The molecule has 0 unspecified atom stereocenters. The van der Waals surface area contributed by atoms with Crippen LogP contribution in [0, 0.1) is 6.92 Å². The normalized spacial score (nSPS) is 12.0. The van der Waals surface area contributed by atoms with Crippen molar-refractivity contribution >= 4 is 22.0 Å². The van der Waals surface area contributed by atoms with E-state index in [1.165, 1.54) is 7.05 Å². The number of aryl methyl sites for hydroxylation is 1. The molecule has 5 nitrogen and oxygen atoms in total. The fourth-order valence-corrected chi connectivity index (χ4v) is 2.05. The van der Waals surface area contributed by atoms with E-state index in [-0.39, 0.29) is 4.90 Å². The van der Waals surface area contributed by atoms with Crippen LogP contribution < -0.4 is 4.72 Å². The van der Waals surface area contributed by atoms with E-state index < -0.39 is 10.0 Å². The molecule has 0 radical (unpaired) electrons. The molecule has 1 aromatic rings. The molecule has 17 heavy (non-hydrogen) atoms. The summed E-state index contributed by atoms with van der Waals surface area (Å²) in [5.41, 5.74) is 1.58. The van der Waals surface area contributed by atoms with Gasteiger partial charge in [-0.3, -0.25) is 0 Å². The quantitative estimate of drug-likeness (QED) is 0.648. The van der Waals surface area contributed by atoms with Gasteiger partial charge in [0.05, 0.1) is 16.9 Å². The van der Waals surface area contributed by atoms with E-state index in [0.717, 1.165) is 11.3 Å². The fourth-order valence-electron chi connectivity index (χ4n) is 1.24. The maximum atomic E-state index is 11.6. The Labute approximate surface area is 102 Å². The summed E-state index contributed by atoms with van der Waals surface area (Å²) in [4.78, 5) is 6.31. The first kappa shape index (κ1) is 13.7. The highest BCUT2D eigenvalue weighted by atomic mass is 32.2. The van der Waals surface area contributed by atoms with Crippen molar-refractivity contribution in [2.45, 2.75) is 11.8 Å². The number of nitrogens with zero attached hydrogens (tertiary/aromatic N) is 2. The second-order valence-electron chi connectivity index (χ2n) is 3.86. The Morgan fingerprint density at radius 3 is 2.47 bits per heavy atom. The van der Waals surface area contributed by atoms with Gasteiger partial charge in [-0.05, 0) is 37.7 Å². The first-order chi connectivity index (χ1) is 7.86. The smallest absolute Gasteiger partial charge is 0.240 e. The third kappa shape index (κ3) is 3.54. The Bertz CT molecular complexity index is 522. The molecule has 0 aliphatic rings.